The summed E-state index contributed by atoms with van der Waals surface area (Å²) < 4.78 is 34.4. The fourth-order valence-electron chi connectivity index (χ4n) is 3.51. The smallest absolute Gasteiger partial charge is 0.215 e. The highest BCUT2D eigenvalue weighted by Crippen LogP contribution is 2.41. The van der Waals surface area contributed by atoms with E-state index in [9.17, 15) is 8.42 Å². The Balaban J connectivity index is 2.00. The van der Waals surface area contributed by atoms with Crippen molar-refractivity contribution < 1.29 is 13.2 Å². The van der Waals surface area contributed by atoms with Crippen molar-refractivity contribution in [3.8, 4) is 11.4 Å². The summed E-state index contributed by atoms with van der Waals surface area (Å²) in [6.07, 6.45) is 4.73. The minimum atomic E-state index is -3.41. The first-order chi connectivity index (χ1) is 12.2. The van der Waals surface area contributed by atoms with Crippen LogP contribution in [0.3, 0.4) is 0 Å². The van der Waals surface area contributed by atoms with E-state index < -0.39 is 10.0 Å². The summed E-state index contributed by atoms with van der Waals surface area (Å²) in [6, 6.07) is 7.39. The lowest BCUT2D eigenvalue weighted by Crippen LogP contribution is -2.37. The molecule has 1 aromatic heterocycles. The maximum atomic E-state index is 12.2. The Bertz CT molecular complexity index is 899. The summed E-state index contributed by atoms with van der Waals surface area (Å²) in [5.41, 5.74) is 2.86. The zero-order chi connectivity index (χ0) is 18.9. The molecule has 2 aromatic rings. The van der Waals surface area contributed by atoms with Crippen molar-refractivity contribution in [1.82, 2.24) is 14.5 Å². The van der Waals surface area contributed by atoms with Gasteiger partial charge in [0, 0.05) is 11.3 Å². The first-order valence-corrected chi connectivity index (χ1v) is 10.2. The van der Waals surface area contributed by atoms with Crippen molar-refractivity contribution in [2.45, 2.75) is 32.7 Å². The summed E-state index contributed by atoms with van der Waals surface area (Å²) in [4.78, 5) is 0. The monoisotopic (exact) mass is 375 g/mol. The van der Waals surface area contributed by atoms with Gasteiger partial charge in [0.25, 0.3) is 0 Å². The van der Waals surface area contributed by atoms with Gasteiger partial charge in [-0.2, -0.15) is 5.10 Å². The summed E-state index contributed by atoms with van der Waals surface area (Å²) in [7, 11) is -1.78. The van der Waals surface area contributed by atoms with Crippen LogP contribution in [0.4, 0.5) is 0 Å². The number of methoxy groups -OCH3 is 1. The lowest BCUT2D eigenvalue weighted by molar-refractivity contribution is 0.269. The predicted molar refractivity (Wildman–Crippen MR) is 102 cm³/mol. The Morgan fingerprint density at radius 3 is 2.69 bits per heavy atom. The van der Waals surface area contributed by atoms with Crippen molar-refractivity contribution in [3.05, 3.63) is 54.4 Å². The van der Waals surface area contributed by atoms with E-state index in [1.165, 1.54) is 6.08 Å². The summed E-state index contributed by atoms with van der Waals surface area (Å²) in [6.45, 7) is 7.82. The van der Waals surface area contributed by atoms with Crippen LogP contribution >= 0.6 is 0 Å². The van der Waals surface area contributed by atoms with Crippen LogP contribution in [0.15, 0.2) is 43.1 Å². The van der Waals surface area contributed by atoms with Crippen LogP contribution in [0, 0.1) is 5.41 Å². The molecule has 0 bridgehead atoms. The Labute approximate surface area is 154 Å². The zero-order valence-corrected chi connectivity index (χ0v) is 16.2. The second-order valence-electron chi connectivity index (χ2n) is 7.44. The molecule has 1 atom stereocenters. The van der Waals surface area contributed by atoms with Crippen LogP contribution in [0.1, 0.15) is 37.6 Å². The maximum absolute atomic E-state index is 12.2. The molecule has 0 saturated carbocycles. The van der Waals surface area contributed by atoms with E-state index >= 15 is 0 Å². The molecule has 1 heterocycles. The van der Waals surface area contributed by atoms with Gasteiger partial charge in [-0.3, -0.25) is 0 Å². The number of ether oxygens (including phenoxy) is 1. The standard InChI is InChI=1S/C19H25N3O3S/c1-5-10-26(23,24)21-17-11-19(2,3)12-18-16(17)13-20-22(18)14-6-8-15(25-4)9-7-14/h5-9,13,17,21H,1,10-12H2,2-4H3. The lowest BCUT2D eigenvalue weighted by atomic mass is 9.74. The number of nitrogens with zero attached hydrogens (tertiary/aromatic N) is 2. The van der Waals surface area contributed by atoms with Gasteiger partial charge < -0.3 is 4.74 Å². The molecular weight excluding hydrogens is 350 g/mol. The van der Waals surface area contributed by atoms with E-state index in [4.69, 9.17) is 4.74 Å². The van der Waals surface area contributed by atoms with E-state index in [0.29, 0.717) is 0 Å². The van der Waals surface area contributed by atoms with E-state index in [2.05, 4.69) is 30.2 Å². The SMILES string of the molecule is C=CCS(=O)(=O)NC1CC(C)(C)Cc2c1cnn2-c1ccc(OC)cc1. The molecule has 0 spiro atoms. The normalized spacial score (nSPS) is 19.0. The van der Waals surface area contributed by atoms with Gasteiger partial charge in [0.2, 0.25) is 10.0 Å². The van der Waals surface area contributed by atoms with Crippen molar-refractivity contribution in [2.24, 2.45) is 5.41 Å². The van der Waals surface area contributed by atoms with Gasteiger partial charge in [0.1, 0.15) is 5.75 Å². The van der Waals surface area contributed by atoms with E-state index in [0.717, 1.165) is 35.5 Å². The highest BCUT2D eigenvalue weighted by molar-refractivity contribution is 7.89. The van der Waals surface area contributed by atoms with Crippen LogP contribution in [0.25, 0.3) is 5.69 Å². The van der Waals surface area contributed by atoms with Crippen LogP contribution in [0.5, 0.6) is 5.75 Å². The molecule has 3 rings (SSSR count). The molecule has 1 N–H and O–H groups in total. The van der Waals surface area contributed by atoms with Crippen molar-refractivity contribution in [2.75, 3.05) is 12.9 Å². The molecule has 0 aliphatic heterocycles. The van der Waals surface area contributed by atoms with Crippen LogP contribution in [0.2, 0.25) is 0 Å². The topological polar surface area (TPSA) is 73.2 Å². The summed E-state index contributed by atoms with van der Waals surface area (Å²) in [5, 5.41) is 4.54. The molecule has 1 unspecified atom stereocenters. The average Bonchev–Trinajstić information content (AvgIpc) is 2.97. The van der Waals surface area contributed by atoms with Crippen molar-refractivity contribution in [3.63, 3.8) is 0 Å². The molecule has 0 saturated heterocycles. The van der Waals surface area contributed by atoms with Crippen molar-refractivity contribution >= 4 is 10.0 Å². The summed E-state index contributed by atoms with van der Waals surface area (Å²) >= 11 is 0. The maximum Gasteiger partial charge on any atom is 0.215 e. The molecule has 7 heteroatoms. The molecule has 26 heavy (non-hydrogen) atoms. The molecule has 0 amide bonds. The second kappa shape index (κ2) is 6.89. The van der Waals surface area contributed by atoms with Crippen LogP contribution in [-0.2, 0) is 16.4 Å². The van der Waals surface area contributed by atoms with Gasteiger partial charge in [-0.15, -0.1) is 6.58 Å². The molecule has 1 aliphatic carbocycles. The van der Waals surface area contributed by atoms with Gasteiger partial charge in [0.05, 0.1) is 30.8 Å². The molecule has 0 radical (unpaired) electrons. The lowest BCUT2D eigenvalue weighted by Gasteiger charge is -2.35. The van der Waals surface area contributed by atoms with Gasteiger partial charge in [-0.25, -0.2) is 17.8 Å². The van der Waals surface area contributed by atoms with Gasteiger partial charge >= 0.3 is 0 Å². The molecule has 1 aromatic carbocycles. The molecule has 0 fully saturated rings. The van der Waals surface area contributed by atoms with E-state index in [-0.39, 0.29) is 17.2 Å². The second-order valence-corrected chi connectivity index (χ2v) is 9.24. The first-order valence-electron chi connectivity index (χ1n) is 8.57. The third kappa shape index (κ3) is 3.83. The molecular formula is C19H25N3O3S. The Hall–Kier alpha value is -2.12. The number of fused-ring (bicyclic) bond motifs is 1. The number of benzene rings is 1. The number of hydrogen-bond donors (Lipinski definition) is 1. The minimum absolute atomic E-state index is 0.0430. The fourth-order valence-corrected chi connectivity index (χ4v) is 4.56. The molecule has 140 valence electrons. The Morgan fingerprint density at radius 2 is 2.08 bits per heavy atom. The minimum Gasteiger partial charge on any atom is -0.497 e. The summed E-state index contributed by atoms with van der Waals surface area (Å²) in [5.74, 6) is 0.691. The molecule has 6 nitrogen and oxygen atoms in total. The molecule has 1 aliphatic rings. The van der Waals surface area contributed by atoms with Gasteiger partial charge in [-0.1, -0.05) is 19.9 Å². The number of nitrogens with one attached hydrogen (secondary N) is 1. The average molecular weight is 375 g/mol. The van der Waals surface area contributed by atoms with Crippen LogP contribution < -0.4 is 9.46 Å². The third-order valence-corrected chi connectivity index (χ3v) is 5.97. The van der Waals surface area contributed by atoms with E-state index in [1.54, 1.807) is 13.3 Å². The number of rotatable bonds is 6. The highest BCUT2D eigenvalue weighted by Gasteiger charge is 2.36. The quantitative estimate of drug-likeness (QED) is 0.788. The zero-order valence-electron chi connectivity index (χ0n) is 15.4. The largest absolute Gasteiger partial charge is 0.497 e. The number of hydrogen-bond acceptors (Lipinski definition) is 4. The number of sulfonamides is 1. The van der Waals surface area contributed by atoms with Gasteiger partial charge in [-0.05, 0) is 42.5 Å². The Kier molecular flexibility index (Phi) is 4.94. The predicted octanol–water partition coefficient (Wildman–Crippen LogP) is 3.00. The Morgan fingerprint density at radius 1 is 1.38 bits per heavy atom. The highest BCUT2D eigenvalue weighted by atomic mass is 32.2. The van der Waals surface area contributed by atoms with E-state index in [1.807, 2.05) is 28.9 Å². The van der Waals surface area contributed by atoms with Crippen molar-refractivity contribution in [1.29, 1.82) is 0 Å². The fraction of sp³-hybridized carbons (Fsp3) is 0.421. The number of aromatic nitrogens is 2. The third-order valence-electron chi connectivity index (χ3n) is 4.66. The van der Waals surface area contributed by atoms with Gasteiger partial charge in [0.15, 0.2) is 0 Å². The van der Waals surface area contributed by atoms with Crippen LogP contribution in [-0.4, -0.2) is 31.1 Å². The first kappa shape index (κ1) is 18.7.